The number of anilines is 1. The fraction of sp³-hybridized carbons (Fsp3) is 0.500. The van der Waals surface area contributed by atoms with Crippen molar-refractivity contribution in [3.05, 3.63) is 23.8 Å². The molecule has 1 aromatic rings. The van der Waals surface area contributed by atoms with Gasteiger partial charge in [-0.2, -0.15) is 13.2 Å². The molecule has 9 heteroatoms. The van der Waals surface area contributed by atoms with E-state index in [0.717, 1.165) is 23.9 Å². The molecule has 136 valence electrons. The largest absolute Gasteiger partial charge is 0.416 e. The smallest absolute Gasteiger partial charge is 0.375 e. The molecule has 0 bridgehead atoms. The zero-order valence-electron chi connectivity index (χ0n) is 13.4. The number of morpholine rings is 1. The Morgan fingerprint density at radius 2 is 2.20 bits per heavy atom. The number of ether oxygens (including phenoxy) is 1. The minimum Gasteiger partial charge on any atom is -0.375 e. The number of amides is 2. The van der Waals surface area contributed by atoms with Gasteiger partial charge in [0.05, 0.1) is 29.2 Å². The second kappa shape index (κ2) is 6.87. The molecule has 2 heterocycles. The van der Waals surface area contributed by atoms with Crippen molar-refractivity contribution in [2.45, 2.75) is 35.8 Å². The van der Waals surface area contributed by atoms with E-state index in [-0.39, 0.29) is 24.1 Å². The van der Waals surface area contributed by atoms with Crippen molar-refractivity contribution in [2.24, 2.45) is 0 Å². The normalized spacial score (nSPS) is 23.8. The number of alkyl halides is 3. The van der Waals surface area contributed by atoms with Crippen molar-refractivity contribution in [1.82, 2.24) is 4.90 Å². The average molecular weight is 374 g/mol. The van der Waals surface area contributed by atoms with Gasteiger partial charge < -0.3 is 15.0 Å². The van der Waals surface area contributed by atoms with Crippen molar-refractivity contribution >= 4 is 29.3 Å². The summed E-state index contributed by atoms with van der Waals surface area (Å²) in [6.45, 7) is 3.28. The number of carbonyl (C=O) groups is 2. The van der Waals surface area contributed by atoms with Crippen LogP contribution in [0.3, 0.4) is 0 Å². The molecule has 2 aliphatic rings. The number of fused-ring (bicyclic) bond motifs is 1. The van der Waals surface area contributed by atoms with E-state index >= 15 is 0 Å². The molecule has 2 aliphatic heterocycles. The molecular weight excluding hydrogens is 357 g/mol. The van der Waals surface area contributed by atoms with Crippen LogP contribution in [0.15, 0.2) is 23.1 Å². The van der Waals surface area contributed by atoms with Crippen LogP contribution in [0.25, 0.3) is 0 Å². The van der Waals surface area contributed by atoms with Gasteiger partial charge in [0.25, 0.3) is 0 Å². The Morgan fingerprint density at radius 1 is 1.44 bits per heavy atom. The van der Waals surface area contributed by atoms with Crippen molar-refractivity contribution in [3.63, 3.8) is 0 Å². The molecule has 0 aromatic heterocycles. The number of benzene rings is 1. The van der Waals surface area contributed by atoms with Crippen LogP contribution in [-0.2, 0) is 20.5 Å². The van der Waals surface area contributed by atoms with E-state index in [4.69, 9.17) is 4.74 Å². The molecular formula is C16H17F3N2O3S. The lowest BCUT2D eigenvalue weighted by Crippen LogP contribution is -2.46. The fourth-order valence-electron chi connectivity index (χ4n) is 2.79. The summed E-state index contributed by atoms with van der Waals surface area (Å²) in [5, 5.41) is 1.83. The van der Waals surface area contributed by atoms with Crippen LogP contribution in [-0.4, -0.2) is 47.8 Å². The summed E-state index contributed by atoms with van der Waals surface area (Å²) in [6, 6.07) is 3.23. The molecule has 2 unspecified atom stereocenters. The van der Waals surface area contributed by atoms with Gasteiger partial charge in [0.1, 0.15) is 0 Å². The Bertz CT molecular complexity index is 696. The molecule has 3 rings (SSSR count). The highest BCUT2D eigenvalue weighted by atomic mass is 32.2. The SMILES string of the molecule is CC1CN(C(=O)CC2Sc3ccc(C(F)(F)F)cc3NC2=O)CCO1. The van der Waals surface area contributed by atoms with Crippen LogP contribution in [0, 0.1) is 0 Å². The standard InChI is InChI=1S/C16H17F3N2O3S/c1-9-8-21(4-5-24-9)14(22)7-13-15(23)20-11-6-10(16(17,18)19)2-3-12(11)25-13/h2-3,6,9,13H,4-5,7-8H2,1H3,(H,20,23). The minimum atomic E-state index is -4.47. The van der Waals surface area contributed by atoms with Gasteiger partial charge in [-0.25, -0.2) is 0 Å². The maximum Gasteiger partial charge on any atom is 0.416 e. The van der Waals surface area contributed by atoms with Crippen LogP contribution in [0.5, 0.6) is 0 Å². The van der Waals surface area contributed by atoms with Gasteiger partial charge in [-0.1, -0.05) is 0 Å². The highest BCUT2D eigenvalue weighted by Gasteiger charge is 2.35. The molecule has 0 saturated carbocycles. The predicted molar refractivity (Wildman–Crippen MR) is 86.3 cm³/mol. The maximum atomic E-state index is 12.8. The number of halogens is 3. The molecule has 2 atom stereocenters. The molecule has 1 aromatic carbocycles. The fourth-order valence-corrected chi connectivity index (χ4v) is 3.88. The Labute approximate surface area is 146 Å². The molecule has 0 spiro atoms. The number of nitrogens with one attached hydrogen (secondary N) is 1. The van der Waals surface area contributed by atoms with E-state index in [0.29, 0.717) is 24.6 Å². The summed E-state index contributed by atoms with van der Waals surface area (Å²) in [6.07, 6.45) is -4.51. The number of rotatable bonds is 2. The van der Waals surface area contributed by atoms with Gasteiger partial charge >= 0.3 is 6.18 Å². The summed E-state index contributed by atoms with van der Waals surface area (Å²) in [4.78, 5) is 26.8. The van der Waals surface area contributed by atoms with E-state index in [9.17, 15) is 22.8 Å². The number of hydrogen-bond acceptors (Lipinski definition) is 4. The Hall–Kier alpha value is -1.74. The van der Waals surface area contributed by atoms with Crippen LogP contribution in [0.4, 0.5) is 18.9 Å². The van der Waals surface area contributed by atoms with E-state index in [1.165, 1.54) is 6.07 Å². The Balaban J connectivity index is 1.69. The van der Waals surface area contributed by atoms with Gasteiger partial charge in [-0.15, -0.1) is 11.8 Å². The molecule has 1 saturated heterocycles. The molecule has 2 amide bonds. The maximum absolute atomic E-state index is 12.8. The minimum absolute atomic E-state index is 0.00365. The van der Waals surface area contributed by atoms with Crippen LogP contribution in [0.1, 0.15) is 18.9 Å². The topological polar surface area (TPSA) is 58.6 Å². The summed E-state index contributed by atoms with van der Waals surface area (Å²) in [7, 11) is 0. The number of carbonyl (C=O) groups excluding carboxylic acids is 2. The third kappa shape index (κ3) is 4.09. The monoisotopic (exact) mass is 374 g/mol. The first-order valence-electron chi connectivity index (χ1n) is 7.82. The lowest BCUT2D eigenvalue weighted by atomic mass is 10.1. The van der Waals surface area contributed by atoms with Gasteiger partial charge in [0, 0.05) is 24.4 Å². The lowest BCUT2D eigenvalue weighted by Gasteiger charge is -2.32. The summed E-state index contributed by atoms with van der Waals surface area (Å²) < 4.78 is 43.7. The zero-order chi connectivity index (χ0) is 18.2. The molecule has 1 fully saturated rings. The van der Waals surface area contributed by atoms with Gasteiger partial charge in [0.2, 0.25) is 11.8 Å². The van der Waals surface area contributed by atoms with Crippen LogP contribution >= 0.6 is 11.8 Å². The second-order valence-electron chi connectivity index (χ2n) is 6.03. The number of hydrogen-bond donors (Lipinski definition) is 1. The molecule has 0 radical (unpaired) electrons. The lowest BCUT2D eigenvalue weighted by molar-refractivity contribution is -0.139. The highest BCUT2D eigenvalue weighted by molar-refractivity contribution is 8.01. The molecule has 1 N–H and O–H groups in total. The first-order chi connectivity index (χ1) is 11.7. The van der Waals surface area contributed by atoms with Crippen molar-refractivity contribution < 1.29 is 27.5 Å². The van der Waals surface area contributed by atoms with E-state index < -0.39 is 22.9 Å². The predicted octanol–water partition coefficient (Wildman–Crippen LogP) is 2.76. The summed E-state index contributed by atoms with van der Waals surface area (Å²) in [5.74, 6) is -0.607. The number of thioether (sulfide) groups is 1. The molecule has 25 heavy (non-hydrogen) atoms. The molecule has 0 aliphatic carbocycles. The molecule has 5 nitrogen and oxygen atoms in total. The van der Waals surface area contributed by atoms with Gasteiger partial charge in [-0.3, -0.25) is 9.59 Å². The second-order valence-corrected chi connectivity index (χ2v) is 7.27. The van der Waals surface area contributed by atoms with E-state index in [2.05, 4.69) is 5.32 Å². The van der Waals surface area contributed by atoms with Crippen molar-refractivity contribution in [3.8, 4) is 0 Å². The number of nitrogens with zero attached hydrogens (tertiary/aromatic N) is 1. The van der Waals surface area contributed by atoms with Gasteiger partial charge in [0.15, 0.2) is 0 Å². The average Bonchev–Trinajstić information content (AvgIpc) is 2.54. The zero-order valence-corrected chi connectivity index (χ0v) is 14.2. The summed E-state index contributed by atoms with van der Waals surface area (Å²) in [5.41, 5.74) is -0.683. The Morgan fingerprint density at radius 3 is 2.88 bits per heavy atom. The first-order valence-corrected chi connectivity index (χ1v) is 8.70. The van der Waals surface area contributed by atoms with Crippen LogP contribution < -0.4 is 5.32 Å². The van der Waals surface area contributed by atoms with Crippen molar-refractivity contribution in [1.29, 1.82) is 0 Å². The van der Waals surface area contributed by atoms with E-state index in [1.807, 2.05) is 6.92 Å². The van der Waals surface area contributed by atoms with Crippen molar-refractivity contribution in [2.75, 3.05) is 25.0 Å². The third-order valence-corrected chi connectivity index (χ3v) is 5.36. The van der Waals surface area contributed by atoms with E-state index in [1.54, 1.807) is 4.90 Å². The first kappa shape index (κ1) is 18.1. The van der Waals surface area contributed by atoms with Gasteiger partial charge in [-0.05, 0) is 25.1 Å². The summed E-state index contributed by atoms with van der Waals surface area (Å²) >= 11 is 1.12. The van der Waals surface area contributed by atoms with Crippen LogP contribution in [0.2, 0.25) is 0 Å². The third-order valence-electron chi connectivity index (χ3n) is 4.08. The highest BCUT2D eigenvalue weighted by Crippen LogP contribution is 2.40. The quantitative estimate of drug-likeness (QED) is 0.865. The Kier molecular flexibility index (Phi) is 4.97.